The maximum Gasteiger partial charge on any atom is 0.0123 e. The molecule has 0 spiro atoms. The van der Waals surface area contributed by atoms with E-state index in [1.807, 2.05) is 0 Å². The Hall–Kier alpha value is -0.0800. The Morgan fingerprint density at radius 1 is 1.06 bits per heavy atom. The van der Waals surface area contributed by atoms with E-state index in [1.165, 1.54) is 58.0 Å². The first-order valence-corrected chi connectivity index (χ1v) is 7.29. The minimum Gasteiger partial charge on any atom is -0.330 e. The van der Waals surface area contributed by atoms with Crippen molar-refractivity contribution in [2.24, 2.45) is 17.6 Å². The van der Waals surface area contributed by atoms with Crippen LogP contribution in [0.2, 0.25) is 0 Å². The first-order valence-electron chi connectivity index (χ1n) is 7.29. The minimum absolute atomic E-state index is 0.805. The molecule has 16 heavy (non-hydrogen) atoms. The summed E-state index contributed by atoms with van der Waals surface area (Å²) in [7, 11) is 0. The summed E-state index contributed by atoms with van der Waals surface area (Å²) in [5.41, 5.74) is 5.76. The molecule has 2 heteroatoms. The molecule has 2 fully saturated rings. The van der Waals surface area contributed by atoms with E-state index in [2.05, 4.69) is 11.8 Å². The van der Waals surface area contributed by atoms with Crippen molar-refractivity contribution < 1.29 is 0 Å². The molecule has 2 rings (SSSR count). The fourth-order valence-electron chi connectivity index (χ4n) is 3.67. The normalized spacial score (nSPS) is 34.1. The van der Waals surface area contributed by atoms with Crippen LogP contribution in [0.1, 0.15) is 51.9 Å². The molecular weight excluding hydrogens is 196 g/mol. The lowest BCUT2D eigenvalue weighted by Gasteiger charge is -2.43. The van der Waals surface area contributed by atoms with Crippen molar-refractivity contribution in [3.8, 4) is 0 Å². The number of nitrogens with two attached hydrogens (primary N) is 1. The number of piperidine rings is 1. The van der Waals surface area contributed by atoms with Crippen molar-refractivity contribution in [1.82, 2.24) is 4.90 Å². The van der Waals surface area contributed by atoms with Crippen LogP contribution in [0.15, 0.2) is 0 Å². The van der Waals surface area contributed by atoms with E-state index in [1.54, 1.807) is 0 Å². The van der Waals surface area contributed by atoms with Gasteiger partial charge in [-0.2, -0.15) is 0 Å². The average Bonchev–Trinajstić information content (AvgIpc) is 2.39. The van der Waals surface area contributed by atoms with Crippen molar-refractivity contribution in [2.45, 2.75) is 57.9 Å². The molecule has 2 atom stereocenters. The third-order valence-electron chi connectivity index (χ3n) is 4.84. The summed E-state index contributed by atoms with van der Waals surface area (Å²) < 4.78 is 0. The van der Waals surface area contributed by atoms with Gasteiger partial charge in [0, 0.05) is 6.04 Å². The average molecular weight is 224 g/mol. The smallest absolute Gasteiger partial charge is 0.0123 e. The van der Waals surface area contributed by atoms with Crippen molar-refractivity contribution >= 4 is 0 Å². The summed E-state index contributed by atoms with van der Waals surface area (Å²) in [4.78, 5) is 2.78. The van der Waals surface area contributed by atoms with E-state index in [9.17, 15) is 0 Å². The van der Waals surface area contributed by atoms with Gasteiger partial charge in [-0.15, -0.1) is 0 Å². The van der Waals surface area contributed by atoms with E-state index in [0.29, 0.717) is 0 Å². The van der Waals surface area contributed by atoms with Crippen molar-refractivity contribution in [3.05, 3.63) is 0 Å². The Bertz CT molecular complexity index is 197. The summed E-state index contributed by atoms with van der Waals surface area (Å²) in [5.74, 6) is 1.78. The Labute approximate surface area is 101 Å². The van der Waals surface area contributed by atoms with E-state index in [0.717, 1.165) is 24.4 Å². The van der Waals surface area contributed by atoms with Gasteiger partial charge in [0.25, 0.3) is 0 Å². The molecule has 1 saturated heterocycles. The molecule has 0 aromatic carbocycles. The molecule has 0 aromatic rings. The summed E-state index contributed by atoms with van der Waals surface area (Å²) in [6.45, 7) is 5.89. The Balaban J connectivity index is 1.86. The van der Waals surface area contributed by atoms with Crippen LogP contribution in [0.5, 0.6) is 0 Å². The van der Waals surface area contributed by atoms with Crippen LogP contribution in [0.25, 0.3) is 0 Å². The molecule has 94 valence electrons. The minimum atomic E-state index is 0.805. The second kappa shape index (κ2) is 6.02. The van der Waals surface area contributed by atoms with Gasteiger partial charge in [0.2, 0.25) is 0 Å². The maximum absolute atomic E-state index is 5.76. The zero-order valence-corrected chi connectivity index (χ0v) is 10.8. The Kier molecular flexibility index (Phi) is 4.66. The summed E-state index contributed by atoms with van der Waals surface area (Å²) in [6, 6.07) is 0.900. The van der Waals surface area contributed by atoms with E-state index < -0.39 is 0 Å². The number of likely N-dealkylation sites (tertiary alicyclic amines) is 1. The van der Waals surface area contributed by atoms with Crippen LogP contribution < -0.4 is 5.73 Å². The number of hydrogen-bond donors (Lipinski definition) is 1. The van der Waals surface area contributed by atoms with Gasteiger partial charge < -0.3 is 10.6 Å². The quantitative estimate of drug-likeness (QED) is 0.798. The summed E-state index contributed by atoms with van der Waals surface area (Å²) >= 11 is 0. The lowest BCUT2D eigenvalue weighted by Crippen LogP contribution is -2.47. The van der Waals surface area contributed by atoms with Gasteiger partial charge in [-0.05, 0) is 57.2 Å². The first kappa shape index (κ1) is 12.4. The van der Waals surface area contributed by atoms with Gasteiger partial charge in [0.05, 0.1) is 0 Å². The second-order valence-corrected chi connectivity index (χ2v) is 5.74. The molecule has 1 aliphatic carbocycles. The van der Waals surface area contributed by atoms with E-state index >= 15 is 0 Å². The fourth-order valence-corrected chi connectivity index (χ4v) is 3.67. The lowest BCUT2D eigenvalue weighted by atomic mass is 9.80. The van der Waals surface area contributed by atoms with Gasteiger partial charge in [-0.3, -0.25) is 0 Å². The molecule has 1 heterocycles. The van der Waals surface area contributed by atoms with Crippen LogP contribution in [0, 0.1) is 11.8 Å². The van der Waals surface area contributed by atoms with Crippen LogP contribution in [0.4, 0.5) is 0 Å². The molecule has 0 aromatic heterocycles. The van der Waals surface area contributed by atoms with Gasteiger partial charge in [-0.1, -0.05) is 26.2 Å². The molecule has 2 aliphatic rings. The highest BCUT2D eigenvalue weighted by molar-refractivity contribution is 4.85. The highest BCUT2D eigenvalue weighted by Crippen LogP contribution is 2.32. The lowest BCUT2D eigenvalue weighted by molar-refractivity contribution is 0.0680. The van der Waals surface area contributed by atoms with Gasteiger partial charge in [0.15, 0.2) is 0 Å². The Morgan fingerprint density at radius 2 is 1.75 bits per heavy atom. The van der Waals surface area contributed by atoms with Crippen LogP contribution >= 0.6 is 0 Å². The highest BCUT2D eigenvalue weighted by atomic mass is 15.2. The summed E-state index contributed by atoms with van der Waals surface area (Å²) in [5, 5.41) is 0. The molecule has 0 amide bonds. The van der Waals surface area contributed by atoms with Crippen molar-refractivity contribution in [1.29, 1.82) is 0 Å². The maximum atomic E-state index is 5.76. The third-order valence-corrected chi connectivity index (χ3v) is 4.84. The topological polar surface area (TPSA) is 29.3 Å². The Morgan fingerprint density at radius 3 is 2.38 bits per heavy atom. The molecule has 1 saturated carbocycles. The fraction of sp³-hybridized carbons (Fsp3) is 1.00. The SMILES string of the molecule is CCC1CCCCC1N1CCC(CN)CC1. The largest absolute Gasteiger partial charge is 0.330 e. The zero-order chi connectivity index (χ0) is 11.4. The molecule has 2 N–H and O–H groups in total. The number of hydrogen-bond acceptors (Lipinski definition) is 2. The van der Waals surface area contributed by atoms with Gasteiger partial charge in [0.1, 0.15) is 0 Å². The van der Waals surface area contributed by atoms with Crippen LogP contribution in [-0.4, -0.2) is 30.6 Å². The molecular formula is C14H28N2. The molecule has 0 radical (unpaired) electrons. The molecule has 1 aliphatic heterocycles. The second-order valence-electron chi connectivity index (χ2n) is 5.74. The number of rotatable bonds is 3. The highest BCUT2D eigenvalue weighted by Gasteiger charge is 2.31. The molecule has 2 unspecified atom stereocenters. The molecule has 0 bridgehead atoms. The monoisotopic (exact) mass is 224 g/mol. The van der Waals surface area contributed by atoms with Crippen molar-refractivity contribution in [2.75, 3.05) is 19.6 Å². The summed E-state index contributed by atoms with van der Waals surface area (Å²) in [6.07, 6.45) is 9.89. The first-order chi connectivity index (χ1) is 7.85. The van der Waals surface area contributed by atoms with Gasteiger partial charge >= 0.3 is 0 Å². The molecule has 2 nitrogen and oxygen atoms in total. The zero-order valence-electron chi connectivity index (χ0n) is 10.8. The third kappa shape index (κ3) is 2.78. The van der Waals surface area contributed by atoms with Crippen molar-refractivity contribution in [3.63, 3.8) is 0 Å². The predicted octanol–water partition coefficient (Wildman–Crippen LogP) is 2.63. The van der Waals surface area contributed by atoms with Gasteiger partial charge in [-0.25, -0.2) is 0 Å². The standard InChI is InChI=1S/C14H28N2/c1-2-13-5-3-4-6-14(13)16-9-7-12(11-15)8-10-16/h12-14H,2-11,15H2,1H3. The van der Waals surface area contributed by atoms with E-state index in [4.69, 9.17) is 5.73 Å². The van der Waals surface area contributed by atoms with E-state index in [-0.39, 0.29) is 0 Å². The number of nitrogens with zero attached hydrogens (tertiary/aromatic N) is 1. The van der Waals surface area contributed by atoms with Crippen LogP contribution in [0.3, 0.4) is 0 Å². The van der Waals surface area contributed by atoms with Crippen LogP contribution in [-0.2, 0) is 0 Å². The predicted molar refractivity (Wildman–Crippen MR) is 69.4 cm³/mol.